The molecule has 0 amide bonds. The van der Waals surface area contributed by atoms with Gasteiger partial charge < -0.3 is 15.0 Å². The topological polar surface area (TPSA) is 63.2 Å². The van der Waals surface area contributed by atoms with Crippen LogP contribution in [0.2, 0.25) is 0 Å². The summed E-state index contributed by atoms with van der Waals surface area (Å²) in [5.74, 6) is 1.36. The van der Waals surface area contributed by atoms with Crippen molar-refractivity contribution in [1.29, 1.82) is 0 Å². The lowest BCUT2D eigenvalue weighted by Gasteiger charge is -2.35. The first-order valence-electron chi connectivity index (χ1n) is 8.09. The monoisotopic (exact) mass is 293 g/mol. The molecule has 0 spiro atoms. The number of hydrogen-bond donors (Lipinski definition) is 1. The maximum absolute atomic E-state index is 5.23. The van der Waals surface area contributed by atoms with Crippen LogP contribution < -0.4 is 15.0 Å². The Bertz CT molecular complexity index is 438. The van der Waals surface area contributed by atoms with Gasteiger partial charge in [-0.2, -0.15) is 15.0 Å². The predicted molar refractivity (Wildman–Crippen MR) is 85.1 cm³/mol. The van der Waals surface area contributed by atoms with Crippen molar-refractivity contribution in [2.24, 2.45) is 0 Å². The van der Waals surface area contributed by atoms with E-state index in [0.29, 0.717) is 18.0 Å². The Labute approximate surface area is 127 Å². The fourth-order valence-corrected chi connectivity index (χ4v) is 2.78. The molecule has 118 valence electrons. The predicted octanol–water partition coefficient (Wildman–Crippen LogP) is 2.86. The molecule has 0 aliphatic carbocycles. The minimum absolute atomic E-state index is 0.388. The number of nitrogens with zero attached hydrogens (tertiary/aromatic N) is 4. The molecule has 1 aliphatic rings. The zero-order valence-corrected chi connectivity index (χ0v) is 13.4. The third-order valence-corrected chi connectivity index (χ3v) is 3.82. The average molecular weight is 293 g/mol. The fourth-order valence-electron chi connectivity index (χ4n) is 2.78. The molecule has 6 nitrogen and oxygen atoms in total. The summed E-state index contributed by atoms with van der Waals surface area (Å²) >= 11 is 0. The molecule has 1 fully saturated rings. The minimum atomic E-state index is 0.388. The van der Waals surface area contributed by atoms with E-state index in [9.17, 15) is 0 Å². The van der Waals surface area contributed by atoms with Crippen LogP contribution in [-0.4, -0.2) is 41.2 Å². The van der Waals surface area contributed by atoms with Crippen LogP contribution in [0, 0.1) is 0 Å². The van der Waals surface area contributed by atoms with Crippen molar-refractivity contribution < 1.29 is 4.74 Å². The third kappa shape index (κ3) is 4.19. The van der Waals surface area contributed by atoms with Crippen molar-refractivity contribution in [2.45, 2.75) is 58.4 Å². The Hall–Kier alpha value is -1.59. The summed E-state index contributed by atoms with van der Waals surface area (Å²) in [6.07, 6.45) is 7.12. The zero-order chi connectivity index (χ0) is 15.1. The van der Waals surface area contributed by atoms with Gasteiger partial charge in [0.25, 0.3) is 0 Å². The van der Waals surface area contributed by atoms with Crippen LogP contribution in [0.5, 0.6) is 6.01 Å². The van der Waals surface area contributed by atoms with Crippen molar-refractivity contribution in [3.63, 3.8) is 0 Å². The quantitative estimate of drug-likeness (QED) is 0.834. The molecular formula is C15H27N5O. The van der Waals surface area contributed by atoms with Crippen molar-refractivity contribution in [1.82, 2.24) is 15.0 Å². The van der Waals surface area contributed by atoms with Crippen molar-refractivity contribution in [3.8, 4) is 6.01 Å². The Kier molecular flexibility index (Phi) is 6.02. The van der Waals surface area contributed by atoms with Crippen LogP contribution in [0.15, 0.2) is 0 Å². The second-order valence-electron chi connectivity index (χ2n) is 5.50. The largest absolute Gasteiger partial charge is 0.467 e. The molecule has 0 bridgehead atoms. The van der Waals surface area contributed by atoms with Crippen molar-refractivity contribution in [3.05, 3.63) is 0 Å². The summed E-state index contributed by atoms with van der Waals surface area (Å²) < 4.78 is 5.23. The van der Waals surface area contributed by atoms with E-state index in [1.165, 1.54) is 32.1 Å². The molecule has 1 aromatic heterocycles. The number of anilines is 2. The molecule has 1 unspecified atom stereocenters. The summed E-state index contributed by atoms with van der Waals surface area (Å²) in [6.45, 7) is 6.22. The summed E-state index contributed by atoms with van der Waals surface area (Å²) in [4.78, 5) is 15.6. The highest BCUT2D eigenvalue weighted by atomic mass is 16.5. The van der Waals surface area contributed by atoms with Gasteiger partial charge in [-0.1, -0.05) is 20.3 Å². The third-order valence-electron chi connectivity index (χ3n) is 3.82. The molecule has 6 heteroatoms. The van der Waals surface area contributed by atoms with Gasteiger partial charge in [0.05, 0.1) is 7.11 Å². The van der Waals surface area contributed by atoms with Crippen LogP contribution in [0.25, 0.3) is 0 Å². The van der Waals surface area contributed by atoms with Crippen LogP contribution in [-0.2, 0) is 0 Å². The maximum atomic E-state index is 5.23. The number of ether oxygens (including phenoxy) is 1. The molecule has 1 atom stereocenters. The fraction of sp³-hybridized carbons (Fsp3) is 0.800. The average Bonchev–Trinajstić information content (AvgIpc) is 2.53. The zero-order valence-electron chi connectivity index (χ0n) is 13.4. The lowest BCUT2D eigenvalue weighted by molar-refractivity contribution is 0.374. The number of piperidine rings is 1. The lowest BCUT2D eigenvalue weighted by atomic mass is 9.99. The molecule has 0 aromatic carbocycles. The number of nitrogens with one attached hydrogen (secondary N) is 1. The van der Waals surface area contributed by atoms with Crippen LogP contribution in [0.3, 0.4) is 0 Å². The SMILES string of the molecule is CCCNc1nc(OC)nc(N2CCCCC2CCC)n1. The number of aromatic nitrogens is 3. The first kappa shape index (κ1) is 15.8. The van der Waals surface area contributed by atoms with Crippen molar-refractivity contribution >= 4 is 11.9 Å². The minimum Gasteiger partial charge on any atom is -0.467 e. The van der Waals surface area contributed by atoms with E-state index in [2.05, 4.69) is 39.0 Å². The van der Waals surface area contributed by atoms with Gasteiger partial charge in [-0.05, 0) is 32.1 Å². The van der Waals surface area contributed by atoms with E-state index in [1.807, 2.05) is 0 Å². The maximum Gasteiger partial charge on any atom is 0.322 e. The molecule has 0 saturated carbocycles. The Morgan fingerprint density at radius 2 is 2.05 bits per heavy atom. The summed E-state index contributed by atoms with van der Waals surface area (Å²) in [6, 6.07) is 0.925. The van der Waals surface area contributed by atoms with Crippen LogP contribution in [0.4, 0.5) is 11.9 Å². The van der Waals surface area contributed by atoms with Gasteiger partial charge in [0.15, 0.2) is 0 Å². The van der Waals surface area contributed by atoms with Gasteiger partial charge in [0.2, 0.25) is 11.9 Å². The Balaban J connectivity index is 2.22. The van der Waals surface area contributed by atoms with Gasteiger partial charge in [0, 0.05) is 19.1 Å². The number of hydrogen-bond acceptors (Lipinski definition) is 6. The molecule has 0 radical (unpaired) electrons. The van der Waals surface area contributed by atoms with Crippen LogP contribution >= 0.6 is 0 Å². The van der Waals surface area contributed by atoms with Gasteiger partial charge in [0.1, 0.15) is 0 Å². The molecule has 21 heavy (non-hydrogen) atoms. The Morgan fingerprint density at radius 3 is 2.76 bits per heavy atom. The summed E-state index contributed by atoms with van der Waals surface area (Å²) in [5.41, 5.74) is 0. The van der Waals surface area contributed by atoms with Gasteiger partial charge in [-0.25, -0.2) is 0 Å². The number of methoxy groups -OCH3 is 1. The summed E-state index contributed by atoms with van der Waals surface area (Å²) in [5, 5.41) is 3.23. The summed E-state index contributed by atoms with van der Waals surface area (Å²) in [7, 11) is 1.60. The van der Waals surface area contributed by atoms with Gasteiger partial charge in [-0.3, -0.25) is 0 Å². The highest BCUT2D eigenvalue weighted by Gasteiger charge is 2.25. The second-order valence-corrected chi connectivity index (χ2v) is 5.50. The van der Waals surface area contributed by atoms with Crippen molar-refractivity contribution in [2.75, 3.05) is 30.4 Å². The van der Waals surface area contributed by atoms with Crippen LogP contribution in [0.1, 0.15) is 52.4 Å². The molecule has 1 N–H and O–H groups in total. The first-order valence-corrected chi connectivity index (χ1v) is 8.09. The molecular weight excluding hydrogens is 266 g/mol. The van der Waals surface area contributed by atoms with Gasteiger partial charge >= 0.3 is 6.01 Å². The second kappa shape index (κ2) is 8.00. The lowest BCUT2D eigenvalue weighted by Crippen LogP contribution is -2.40. The van der Waals surface area contributed by atoms with E-state index in [1.54, 1.807) is 7.11 Å². The molecule has 2 heterocycles. The highest BCUT2D eigenvalue weighted by Crippen LogP contribution is 2.26. The molecule has 1 saturated heterocycles. The first-order chi connectivity index (χ1) is 10.3. The molecule has 1 aliphatic heterocycles. The smallest absolute Gasteiger partial charge is 0.322 e. The van der Waals surface area contributed by atoms with Gasteiger partial charge in [-0.15, -0.1) is 0 Å². The van der Waals surface area contributed by atoms with E-state index in [0.717, 1.165) is 25.5 Å². The van der Waals surface area contributed by atoms with E-state index in [-0.39, 0.29) is 0 Å². The van der Waals surface area contributed by atoms with E-state index < -0.39 is 0 Å². The highest BCUT2D eigenvalue weighted by molar-refractivity contribution is 5.39. The van der Waals surface area contributed by atoms with E-state index >= 15 is 0 Å². The normalized spacial score (nSPS) is 18.6. The van der Waals surface area contributed by atoms with E-state index in [4.69, 9.17) is 4.74 Å². The molecule has 2 rings (SSSR count). The Morgan fingerprint density at radius 1 is 1.19 bits per heavy atom. The standard InChI is InChI=1S/C15H27N5O/c1-4-8-12-9-6-7-11-20(12)14-17-13(16-10-5-2)18-15(19-14)21-3/h12H,4-11H2,1-3H3,(H,16,17,18,19). The number of rotatable bonds is 7. The molecule has 1 aromatic rings.